The van der Waals surface area contributed by atoms with Gasteiger partial charge >= 0.3 is 0 Å². The topological polar surface area (TPSA) is 79.2 Å². The molecule has 1 aromatic rings. The summed E-state index contributed by atoms with van der Waals surface area (Å²) in [6, 6.07) is 5.94. The molecule has 1 heterocycles. The Hall–Kier alpha value is -1.43. The Kier molecular flexibility index (Phi) is 3.19. The maximum absolute atomic E-state index is 11.2. The van der Waals surface area contributed by atoms with Crippen molar-refractivity contribution < 1.29 is 4.79 Å². The van der Waals surface area contributed by atoms with Crippen molar-refractivity contribution in [1.82, 2.24) is 10.7 Å². The first-order valence-corrected chi connectivity index (χ1v) is 5.30. The van der Waals surface area contributed by atoms with Gasteiger partial charge in [-0.2, -0.15) is 0 Å². The SMILES string of the molecule is CNC(NN)c1ccc2c(c1)CCC(=O)N2. The van der Waals surface area contributed by atoms with Crippen LogP contribution in [0.25, 0.3) is 0 Å². The molecule has 0 bridgehead atoms. The lowest BCUT2D eigenvalue weighted by Gasteiger charge is -2.21. The fourth-order valence-corrected chi connectivity index (χ4v) is 1.93. The van der Waals surface area contributed by atoms with Crippen molar-refractivity contribution in [1.29, 1.82) is 0 Å². The largest absolute Gasteiger partial charge is 0.326 e. The normalized spacial score (nSPS) is 16.5. The maximum Gasteiger partial charge on any atom is 0.224 e. The zero-order chi connectivity index (χ0) is 11.5. The molecule has 0 saturated carbocycles. The van der Waals surface area contributed by atoms with E-state index in [0.29, 0.717) is 6.42 Å². The van der Waals surface area contributed by atoms with Crippen molar-refractivity contribution in [2.24, 2.45) is 5.84 Å². The predicted octanol–water partition coefficient (Wildman–Crippen LogP) is 0.253. The Morgan fingerprint density at radius 3 is 2.94 bits per heavy atom. The number of hydrogen-bond donors (Lipinski definition) is 4. The Labute approximate surface area is 94.4 Å². The number of fused-ring (bicyclic) bond motifs is 1. The van der Waals surface area contributed by atoms with Gasteiger partial charge < -0.3 is 10.6 Å². The lowest BCUT2D eigenvalue weighted by Crippen LogP contribution is -2.36. The number of hydrogen-bond acceptors (Lipinski definition) is 4. The first-order valence-electron chi connectivity index (χ1n) is 5.30. The van der Waals surface area contributed by atoms with E-state index in [0.717, 1.165) is 23.2 Å². The monoisotopic (exact) mass is 220 g/mol. The molecule has 1 unspecified atom stereocenters. The fraction of sp³-hybridized carbons (Fsp3) is 0.364. The van der Waals surface area contributed by atoms with E-state index in [-0.39, 0.29) is 12.1 Å². The van der Waals surface area contributed by atoms with E-state index >= 15 is 0 Å². The van der Waals surface area contributed by atoms with Gasteiger partial charge in [0.15, 0.2) is 0 Å². The molecule has 0 aliphatic carbocycles. The van der Waals surface area contributed by atoms with Crippen molar-refractivity contribution in [2.75, 3.05) is 12.4 Å². The summed E-state index contributed by atoms with van der Waals surface area (Å²) in [5, 5.41) is 5.91. The van der Waals surface area contributed by atoms with E-state index < -0.39 is 0 Å². The van der Waals surface area contributed by atoms with Gasteiger partial charge in [-0.25, -0.2) is 5.43 Å². The van der Waals surface area contributed by atoms with Crippen LogP contribution in [-0.4, -0.2) is 13.0 Å². The second kappa shape index (κ2) is 4.61. The summed E-state index contributed by atoms with van der Waals surface area (Å²) in [6.45, 7) is 0. The highest BCUT2D eigenvalue weighted by Crippen LogP contribution is 2.25. The van der Waals surface area contributed by atoms with E-state index in [1.807, 2.05) is 19.2 Å². The van der Waals surface area contributed by atoms with Crippen LogP contribution in [0.3, 0.4) is 0 Å². The highest BCUT2D eigenvalue weighted by atomic mass is 16.1. The van der Waals surface area contributed by atoms with Gasteiger partial charge in [0.2, 0.25) is 5.91 Å². The molecule has 1 amide bonds. The predicted molar refractivity (Wildman–Crippen MR) is 62.5 cm³/mol. The minimum absolute atomic E-state index is 0.0667. The van der Waals surface area contributed by atoms with Gasteiger partial charge in [-0.1, -0.05) is 12.1 Å². The molecular weight excluding hydrogens is 204 g/mol. The zero-order valence-electron chi connectivity index (χ0n) is 9.21. The Bertz CT molecular complexity index is 401. The smallest absolute Gasteiger partial charge is 0.224 e. The molecule has 5 nitrogen and oxygen atoms in total. The summed E-state index contributed by atoms with van der Waals surface area (Å²) in [6.07, 6.45) is 1.27. The number of hydrazine groups is 1. The molecule has 5 N–H and O–H groups in total. The molecule has 1 aromatic carbocycles. The second-order valence-corrected chi connectivity index (χ2v) is 3.85. The molecule has 2 rings (SSSR count). The van der Waals surface area contributed by atoms with E-state index in [1.54, 1.807) is 0 Å². The van der Waals surface area contributed by atoms with E-state index in [1.165, 1.54) is 0 Å². The number of nitrogens with one attached hydrogen (secondary N) is 3. The number of nitrogens with two attached hydrogens (primary N) is 1. The van der Waals surface area contributed by atoms with Crippen molar-refractivity contribution in [3.8, 4) is 0 Å². The van der Waals surface area contributed by atoms with Crippen molar-refractivity contribution in [3.63, 3.8) is 0 Å². The quantitative estimate of drug-likeness (QED) is 0.334. The summed E-state index contributed by atoms with van der Waals surface area (Å²) in [5.41, 5.74) is 5.82. The number of aryl methyl sites for hydroxylation is 1. The molecule has 0 radical (unpaired) electrons. The van der Waals surface area contributed by atoms with E-state index in [9.17, 15) is 4.79 Å². The zero-order valence-corrected chi connectivity index (χ0v) is 9.21. The van der Waals surface area contributed by atoms with Gasteiger partial charge in [0.25, 0.3) is 0 Å². The molecule has 1 atom stereocenters. The van der Waals surface area contributed by atoms with Gasteiger partial charge in [-0.3, -0.25) is 10.6 Å². The molecule has 16 heavy (non-hydrogen) atoms. The maximum atomic E-state index is 11.2. The fourth-order valence-electron chi connectivity index (χ4n) is 1.93. The van der Waals surface area contributed by atoms with Crippen molar-refractivity contribution in [3.05, 3.63) is 29.3 Å². The van der Waals surface area contributed by atoms with Gasteiger partial charge in [0.1, 0.15) is 0 Å². The van der Waals surface area contributed by atoms with Gasteiger partial charge in [-0.05, 0) is 30.7 Å². The minimum Gasteiger partial charge on any atom is -0.326 e. The molecule has 5 heteroatoms. The van der Waals surface area contributed by atoms with Gasteiger partial charge in [0, 0.05) is 12.1 Å². The Balaban J connectivity index is 2.28. The van der Waals surface area contributed by atoms with Gasteiger partial charge in [-0.15, -0.1) is 0 Å². The summed E-state index contributed by atoms with van der Waals surface area (Å²) < 4.78 is 0. The van der Waals surface area contributed by atoms with Crippen LogP contribution in [0.1, 0.15) is 23.7 Å². The molecule has 1 aliphatic rings. The highest BCUT2D eigenvalue weighted by molar-refractivity contribution is 5.93. The van der Waals surface area contributed by atoms with E-state index in [2.05, 4.69) is 22.1 Å². The molecule has 1 aliphatic heterocycles. The number of rotatable bonds is 3. The first kappa shape index (κ1) is 11.1. The van der Waals surface area contributed by atoms with Crippen LogP contribution in [0.4, 0.5) is 5.69 Å². The molecular formula is C11H16N4O. The van der Waals surface area contributed by atoms with Crippen LogP contribution < -0.4 is 21.9 Å². The summed E-state index contributed by atoms with van der Waals surface area (Å²) >= 11 is 0. The standard InChI is InChI=1S/C11H16N4O/c1-13-11(15-12)8-2-4-9-7(6-8)3-5-10(16)14-9/h2,4,6,11,13,15H,3,5,12H2,1H3,(H,14,16). The van der Waals surface area contributed by atoms with Crippen LogP contribution in [0, 0.1) is 0 Å². The second-order valence-electron chi connectivity index (χ2n) is 3.85. The number of carbonyl (C=O) groups is 1. The highest BCUT2D eigenvalue weighted by Gasteiger charge is 2.16. The summed E-state index contributed by atoms with van der Waals surface area (Å²) in [4.78, 5) is 11.2. The lowest BCUT2D eigenvalue weighted by atomic mass is 9.99. The summed E-state index contributed by atoms with van der Waals surface area (Å²) in [7, 11) is 1.84. The Morgan fingerprint density at radius 2 is 2.25 bits per heavy atom. The first-order chi connectivity index (χ1) is 7.74. The number of anilines is 1. The van der Waals surface area contributed by atoms with Crippen LogP contribution >= 0.6 is 0 Å². The number of amides is 1. The van der Waals surface area contributed by atoms with Gasteiger partial charge in [0.05, 0.1) is 6.17 Å². The van der Waals surface area contributed by atoms with Crippen LogP contribution in [0.15, 0.2) is 18.2 Å². The van der Waals surface area contributed by atoms with Crippen LogP contribution in [0.2, 0.25) is 0 Å². The number of carbonyl (C=O) groups excluding carboxylic acids is 1. The number of benzene rings is 1. The Morgan fingerprint density at radius 1 is 1.44 bits per heavy atom. The van der Waals surface area contributed by atoms with Crippen LogP contribution in [0.5, 0.6) is 0 Å². The minimum atomic E-state index is -0.0667. The van der Waals surface area contributed by atoms with Crippen LogP contribution in [-0.2, 0) is 11.2 Å². The molecule has 0 fully saturated rings. The molecule has 0 saturated heterocycles. The molecule has 0 aromatic heterocycles. The average Bonchev–Trinajstić information content (AvgIpc) is 2.31. The third kappa shape index (κ3) is 2.06. The van der Waals surface area contributed by atoms with Crippen molar-refractivity contribution >= 4 is 11.6 Å². The van der Waals surface area contributed by atoms with Crippen molar-refractivity contribution in [2.45, 2.75) is 19.0 Å². The molecule has 0 spiro atoms. The molecule has 86 valence electrons. The average molecular weight is 220 g/mol. The third-order valence-electron chi connectivity index (χ3n) is 2.81. The third-order valence-corrected chi connectivity index (χ3v) is 2.81. The summed E-state index contributed by atoms with van der Waals surface area (Å²) in [5.74, 6) is 5.52. The lowest BCUT2D eigenvalue weighted by molar-refractivity contribution is -0.116. The van der Waals surface area contributed by atoms with E-state index in [4.69, 9.17) is 5.84 Å².